The number of benzene rings is 1. The van der Waals surface area contributed by atoms with E-state index in [0.717, 1.165) is 17.0 Å². The Labute approximate surface area is 216 Å². The zero-order valence-corrected chi connectivity index (χ0v) is 22.5. The number of fused-ring (bicyclic) bond motifs is 1. The lowest BCUT2D eigenvalue weighted by Gasteiger charge is -2.33. The van der Waals surface area contributed by atoms with E-state index in [1.807, 2.05) is 26.0 Å². The second kappa shape index (κ2) is 10.8. The molecule has 11 nitrogen and oxygen atoms in total. The maximum atomic E-state index is 13.6. The molecule has 0 atom stereocenters. The average molecular weight is 513 g/mol. The van der Waals surface area contributed by atoms with Crippen molar-refractivity contribution in [1.82, 2.24) is 19.4 Å². The third-order valence-corrected chi connectivity index (χ3v) is 6.18. The number of hydrogen-bond acceptors (Lipinski definition) is 9. The van der Waals surface area contributed by atoms with E-state index in [0.29, 0.717) is 56.5 Å². The van der Waals surface area contributed by atoms with Crippen LogP contribution in [-0.4, -0.2) is 71.8 Å². The van der Waals surface area contributed by atoms with Gasteiger partial charge in [-0.05, 0) is 31.4 Å². The molecule has 1 aliphatic rings. The number of aromatic nitrogens is 4. The Bertz CT molecular complexity index is 1330. The van der Waals surface area contributed by atoms with Gasteiger partial charge in [0.2, 0.25) is 5.62 Å². The molecule has 0 aliphatic carbocycles. The van der Waals surface area contributed by atoms with Crippen molar-refractivity contribution in [3.05, 3.63) is 34.9 Å². The number of hydrogen-bond donors (Lipinski definition) is 1. The van der Waals surface area contributed by atoms with Gasteiger partial charge in [0.25, 0.3) is 5.88 Å². The first-order valence-electron chi connectivity index (χ1n) is 12.6. The minimum Gasteiger partial charge on any atom is -0.494 e. The molecule has 2 aromatic heterocycles. The van der Waals surface area contributed by atoms with Crippen molar-refractivity contribution in [1.29, 1.82) is 5.41 Å². The molecule has 1 fully saturated rings. The Balaban J connectivity index is 1.74. The standard InChI is InChI=1S/C26H36N6O5/c1-7-36-21-15-22-28-31(25(27)32(22)29-24(21)37-8-2)16-20(33)17-13-18(26(3,4)5)23(34-6)19(14-17)30-9-11-35-12-10-30/h13-15,27H,7-12,16H2,1-6H3. The number of carbonyl (C=O) groups excluding carboxylic acids is 1. The lowest BCUT2D eigenvalue weighted by atomic mass is 9.84. The van der Waals surface area contributed by atoms with Gasteiger partial charge in [-0.25, -0.2) is 4.68 Å². The number of rotatable bonds is 9. The van der Waals surface area contributed by atoms with E-state index in [1.165, 1.54) is 9.20 Å². The maximum absolute atomic E-state index is 13.6. The highest BCUT2D eigenvalue weighted by Crippen LogP contribution is 2.40. The van der Waals surface area contributed by atoms with Gasteiger partial charge >= 0.3 is 0 Å². The van der Waals surface area contributed by atoms with E-state index in [9.17, 15) is 4.79 Å². The minimum atomic E-state index is -0.255. The molecular weight excluding hydrogens is 476 g/mol. The second-order valence-corrected chi connectivity index (χ2v) is 9.78. The van der Waals surface area contributed by atoms with Crippen LogP contribution in [0.25, 0.3) is 5.65 Å². The summed E-state index contributed by atoms with van der Waals surface area (Å²) in [5.41, 5.74) is 2.45. The van der Waals surface area contributed by atoms with Crippen molar-refractivity contribution in [3.8, 4) is 17.4 Å². The molecule has 3 aromatic rings. The van der Waals surface area contributed by atoms with Crippen LogP contribution in [0.1, 0.15) is 50.5 Å². The minimum absolute atomic E-state index is 0.0367. The first kappa shape index (κ1) is 26.5. The molecule has 37 heavy (non-hydrogen) atoms. The summed E-state index contributed by atoms with van der Waals surface area (Å²) in [6.07, 6.45) is 0. The normalized spacial score (nSPS) is 14.2. The van der Waals surface area contributed by atoms with Gasteiger partial charge in [-0.3, -0.25) is 10.2 Å². The topological polar surface area (TPSA) is 116 Å². The van der Waals surface area contributed by atoms with Crippen LogP contribution in [0.5, 0.6) is 17.4 Å². The Hall–Kier alpha value is -3.60. The van der Waals surface area contributed by atoms with E-state index >= 15 is 0 Å². The number of nitrogens with zero attached hydrogens (tertiary/aromatic N) is 5. The van der Waals surface area contributed by atoms with Crippen LogP contribution in [0.15, 0.2) is 18.2 Å². The Morgan fingerprint density at radius 3 is 2.41 bits per heavy atom. The number of Topliss-reactive ketones (excluding diaryl/α,β-unsaturated/α-hetero) is 1. The fourth-order valence-corrected chi connectivity index (χ4v) is 4.36. The van der Waals surface area contributed by atoms with Crippen LogP contribution in [0.4, 0.5) is 5.69 Å². The Morgan fingerprint density at radius 1 is 1.08 bits per heavy atom. The smallest absolute Gasteiger partial charge is 0.274 e. The third-order valence-electron chi connectivity index (χ3n) is 6.18. The summed E-state index contributed by atoms with van der Waals surface area (Å²) in [4.78, 5) is 15.8. The van der Waals surface area contributed by atoms with Gasteiger partial charge in [-0.15, -0.1) is 10.2 Å². The van der Waals surface area contributed by atoms with E-state index < -0.39 is 0 Å². The lowest BCUT2D eigenvalue weighted by Crippen LogP contribution is -2.37. The van der Waals surface area contributed by atoms with Gasteiger partial charge in [0.1, 0.15) is 12.3 Å². The van der Waals surface area contributed by atoms with Crippen molar-refractivity contribution in [2.24, 2.45) is 0 Å². The summed E-state index contributed by atoms with van der Waals surface area (Å²) in [5.74, 6) is 1.32. The highest BCUT2D eigenvalue weighted by molar-refractivity contribution is 5.97. The van der Waals surface area contributed by atoms with Gasteiger partial charge < -0.3 is 23.8 Å². The highest BCUT2D eigenvalue weighted by atomic mass is 16.5. The summed E-state index contributed by atoms with van der Waals surface area (Å²) in [7, 11) is 1.66. The molecule has 0 saturated carbocycles. The Kier molecular flexibility index (Phi) is 7.72. The zero-order chi connectivity index (χ0) is 26.7. The van der Waals surface area contributed by atoms with Crippen LogP contribution < -0.4 is 24.7 Å². The summed E-state index contributed by atoms with van der Waals surface area (Å²) in [6, 6.07) is 5.44. The van der Waals surface area contributed by atoms with Crippen molar-refractivity contribution < 1.29 is 23.7 Å². The predicted octanol–water partition coefficient (Wildman–Crippen LogP) is 2.83. The van der Waals surface area contributed by atoms with Gasteiger partial charge in [0.05, 0.1) is 39.2 Å². The Morgan fingerprint density at radius 2 is 1.78 bits per heavy atom. The average Bonchev–Trinajstić information content (AvgIpc) is 3.17. The predicted molar refractivity (Wildman–Crippen MR) is 138 cm³/mol. The fourth-order valence-electron chi connectivity index (χ4n) is 4.36. The van der Waals surface area contributed by atoms with Crippen molar-refractivity contribution in [3.63, 3.8) is 0 Å². The molecule has 0 unspecified atom stereocenters. The van der Waals surface area contributed by atoms with Gasteiger partial charge in [-0.2, -0.15) is 4.52 Å². The van der Waals surface area contributed by atoms with Crippen LogP contribution in [0, 0.1) is 5.41 Å². The highest BCUT2D eigenvalue weighted by Gasteiger charge is 2.27. The third kappa shape index (κ3) is 5.41. The quantitative estimate of drug-likeness (QED) is 0.435. The molecule has 1 saturated heterocycles. The molecule has 1 aliphatic heterocycles. The first-order valence-corrected chi connectivity index (χ1v) is 12.6. The molecule has 3 heterocycles. The number of ether oxygens (including phenoxy) is 4. The summed E-state index contributed by atoms with van der Waals surface area (Å²) < 4.78 is 25.3. The molecular formula is C26H36N6O5. The molecule has 1 N–H and O–H groups in total. The summed E-state index contributed by atoms with van der Waals surface area (Å²) in [6.45, 7) is 13.4. The van der Waals surface area contributed by atoms with E-state index in [-0.39, 0.29) is 29.2 Å². The molecule has 4 rings (SSSR count). The summed E-state index contributed by atoms with van der Waals surface area (Å²) >= 11 is 0. The van der Waals surface area contributed by atoms with E-state index in [2.05, 4.69) is 35.9 Å². The van der Waals surface area contributed by atoms with Crippen molar-refractivity contribution in [2.45, 2.75) is 46.6 Å². The van der Waals surface area contributed by atoms with Crippen molar-refractivity contribution >= 4 is 17.1 Å². The number of methoxy groups -OCH3 is 1. The number of morpholine rings is 1. The molecule has 0 radical (unpaired) electrons. The molecule has 0 amide bonds. The van der Waals surface area contributed by atoms with E-state index in [4.69, 9.17) is 24.4 Å². The monoisotopic (exact) mass is 512 g/mol. The largest absolute Gasteiger partial charge is 0.494 e. The lowest BCUT2D eigenvalue weighted by molar-refractivity contribution is 0.0965. The van der Waals surface area contributed by atoms with Crippen LogP contribution in [0.3, 0.4) is 0 Å². The SMILES string of the molecule is CCOc1cc2nn(CC(=O)c3cc(N4CCOCC4)c(OC)c(C(C)(C)C)c3)c(=N)n2nc1OCC. The van der Waals surface area contributed by atoms with Crippen LogP contribution >= 0.6 is 0 Å². The number of anilines is 1. The molecule has 0 spiro atoms. The summed E-state index contributed by atoms with van der Waals surface area (Å²) in [5, 5.41) is 17.4. The second-order valence-electron chi connectivity index (χ2n) is 9.78. The molecule has 200 valence electrons. The molecule has 1 aromatic carbocycles. The van der Waals surface area contributed by atoms with Crippen LogP contribution in [-0.2, 0) is 16.7 Å². The van der Waals surface area contributed by atoms with Gasteiger partial charge in [-0.1, -0.05) is 20.8 Å². The van der Waals surface area contributed by atoms with E-state index in [1.54, 1.807) is 13.2 Å². The number of nitrogens with one attached hydrogen (secondary N) is 1. The number of ketones is 1. The fraction of sp³-hybridized carbons (Fsp3) is 0.538. The first-order chi connectivity index (χ1) is 17.7. The number of carbonyl (C=O) groups is 1. The zero-order valence-electron chi connectivity index (χ0n) is 22.5. The molecule has 0 bridgehead atoms. The van der Waals surface area contributed by atoms with Crippen LogP contribution in [0.2, 0.25) is 0 Å². The van der Waals surface area contributed by atoms with Gasteiger partial charge in [0.15, 0.2) is 17.2 Å². The molecule has 11 heteroatoms. The van der Waals surface area contributed by atoms with Gasteiger partial charge in [0, 0.05) is 30.3 Å². The van der Waals surface area contributed by atoms with Crippen molar-refractivity contribution in [2.75, 3.05) is 51.5 Å². The maximum Gasteiger partial charge on any atom is 0.274 e.